The third kappa shape index (κ3) is 7.51. The molecular formula is C27H34F3N5O4. The lowest BCUT2D eigenvalue weighted by molar-refractivity contribution is -0.388. The zero-order chi connectivity index (χ0) is 28.0. The van der Waals surface area contributed by atoms with Crippen LogP contribution in [0.2, 0.25) is 0 Å². The molecule has 2 aromatic rings. The van der Waals surface area contributed by atoms with Gasteiger partial charge in [-0.3, -0.25) is 14.9 Å². The number of alkyl halides is 3. The molecule has 0 radical (unpaired) electrons. The highest BCUT2D eigenvalue weighted by Crippen LogP contribution is 2.38. The van der Waals surface area contributed by atoms with Gasteiger partial charge in [-0.25, -0.2) is 0 Å². The molecule has 1 saturated carbocycles. The number of rotatable bonds is 9. The first-order valence-electron chi connectivity index (χ1n) is 13.4. The molecule has 0 spiro atoms. The number of carbonyl (C=O) groups excluding carboxylic acids is 1. The Morgan fingerprint density at radius 3 is 2.49 bits per heavy atom. The fraction of sp³-hybridized carbons (Fsp3) is 0.556. The lowest BCUT2D eigenvalue weighted by Crippen LogP contribution is -2.49. The van der Waals surface area contributed by atoms with E-state index in [1.54, 1.807) is 0 Å². The van der Waals surface area contributed by atoms with Crippen molar-refractivity contribution in [1.82, 2.24) is 9.88 Å². The number of amides is 1. The van der Waals surface area contributed by atoms with Crippen molar-refractivity contribution in [2.45, 2.75) is 70.2 Å². The van der Waals surface area contributed by atoms with E-state index < -0.39 is 22.4 Å². The molecule has 212 valence electrons. The molecule has 0 unspecified atom stereocenters. The van der Waals surface area contributed by atoms with Gasteiger partial charge in [-0.1, -0.05) is 19.4 Å². The molecule has 12 heteroatoms. The first kappa shape index (κ1) is 28.4. The minimum Gasteiger partial charge on any atom is -0.474 e. The number of pyridine rings is 1. The average molecular weight is 550 g/mol. The molecule has 1 saturated heterocycles. The summed E-state index contributed by atoms with van der Waals surface area (Å²) < 4.78 is 46.0. The molecule has 1 amide bonds. The molecule has 2 aliphatic rings. The SMILES string of the molecule is CCCCC(=O)N1CCN(c2cccc(O[C@H]3CC[C@H](Nc4ccc([N+](=O)[O-])c(C(F)(F)F)c4)CC3)n2)CC1. The highest BCUT2D eigenvalue weighted by molar-refractivity contribution is 5.76. The number of ether oxygens (including phenoxy) is 1. The van der Waals surface area contributed by atoms with E-state index >= 15 is 0 Å². The van der Waals surface area contributed by atoms with Crippen LogP contribution in [0.3, 0.4) is 0 Å². The number of piperazine rings is 1. The predicted octanol–water partition coefficient (Wildman–Crippen LogP) is 5.65. The molecule has 1 aromatic carbocycles. The first-order chi connectivity index (χ1) is 18.6. The summed E-state index contributed by atoms with van der Waals surface area (Å²) >= 11 is 0. The molecule has 39 heavy (non-hydrogen) atoms. The molecule has 2 fully saturated rings. The third-order valence-electron chi connectivity index (χ3n) is 7.24. The summed E-state index contributed by atoms with van der Waals surface area (Å²) in [4.78, 5) is 31.0. The average Bonchev–Trinajstić information content (AvgIpc) is 2.92. The van der Waals surface area contributed by atoms with E-state index in [2.05, 4.69) is 22.1 Å². The number of anilines is 2. The molecule has 9 nitrogen and oxygen atoms in total. The van der Waals surface area contributed by atoms with Gasteiger partial charge in [0.05, 0.1) is 4.92 Å². The van der Waals surface area contributed by atoms with Crippen LogP contribution in [-0.2, 0) is 11.0 Å². The number of carbonyl (C=O) groups is 1. The van der Waals surface area contributed by atoms with Crippen LogP contribution in [0.5, 0.6) is 5.88 Å². The maximum atomic E-state index is 13.3. The van der Waals surface area contributed by atoms with Crippen LogP contribution < -0.4 is 15.0 Å². The van der Waals surface area contributed by atoms with Gasteiger partial charge in [0, 0.05) is 56.5 Å². The Bertz CT molecular complexity index is 1150. The molecule has 0 atom stereocenters. The maximum Gasteiger partial charge on any atom is 0.423 e. The summed E-state index contributed by atoms with van der Waals surface area (Å²) in [6.07, 6.45) is 0.374. The van der Waals surface area contributed by atoms with E-state index in [4.69, 9.17) is 4.74 Å². The quantitative estimate of drug-likeness (QED) is 0.319. The summed E-state index contributed by atoms with van der Waals surface area (Å²) in [7, 11) is 0. The molecule has 1 aliphatic heterocycles. The fourth-order valence-electron chi connectivity index (χ4n) is 5.06. The number of nitro groups is 1. The molecule has 1 N–H and O–H groups in total. The van der Waals surface area contributed by atoms with Gasteiger partial charge in [-0.2, -0.15) is 18.2 Å². The van der Waals surface area contributed by atoms with Crippen molar-refractivity contribution in [1.29, 1.82) is 0 Å². The Kier molecular flexibility index (Phi) is 9.13. The summed E-state index contributed by atoms with van der Waals surface area (Å²) in [5.74, 6) is 1.54. The van der Waals surface area contributed by atoms with Crippen molar-refractivity contribution in [3.8, 4) is 5.88 Å². The third-order valence-corrected chi connectivity index (χ3v) is 7.24. The zero-order valence-electron chi connectivity index (χ0n) is 22.0. The lowest BCUT2D eigenvalue weighted by atomic mass is 9.92. The van der Waals surface area contributed by atoms with Gasteiger partial charge in [0.1, 0.15) is 17.5 Å². The number of halogens is 3. The number of benzene rings is 1. The number of unbranched alkanes of at least 4 members (excludes halogenated alkanes) is 1. The van der Waals surface area contributed by atoms with Crippen LogP contribution in [0, 0.1) is 10.1 Å². The largest absolute Gasteiger partial charge is 0.474 e. The van der Waals surface area contributed by atoms with Gasteiger partial charge in [0.25, 0.3) is 5.69 Å². The Hall–Kier alpha value is -3.57. The van der Waals surface area contributed by atoms with Gasteiger partial charge in [-0.05, 0) is 50.3 Å². The Morgan fingerprint density at radius 2 is 1.85 bits per heavy atom. The number of aromatic nitrogens is 1. The molecule has 1 aliphatic carbocycles. The molecule has 2 heterocycles. The van der Waals surface area contributed by atoms with E-state index in [0.717, 1.165) is 30.8 Å². The van der Waals surface area contributed by atoms with Crippen molar-refractivity contribution in [2.75, 3.05) is 36.4 Å². The van der Waals surface area contributed by atoms with Gasteiger partial charge >= 0.3 is 6.18 Å². The first-order valence-corrected chi connectivity index (χ1v) is 13.4. The fourth-order valence-corrected chi connectivity index (χ4v) is 5.06. The highest BCUT2D eigenvalue weighted by atomic mass is 19.4. The van der Waals surface area contributed by atoms with Crippen molar-refractivity contribution < 1.29 is 27.6 Å². The van der Waals surface area contributed by atoms with E-state index in [0.29, 0.717) is 64.2 Å². The van der Waals surface area contributed by atoms with Gasteiger partial charge in [0.2, 0.25) is 11.8 Å². The number of hydrogen-bond donors (Lipinski definition) is 1. The number of nitro benzene ring substituents is 1. The normalized spacial score (nSPS) is 20.0. The van der Waals surface area contributed by atoms with Crippen molar-refractivity contribution >= 4 is 23.1 Å². The molecule has 1 aromatic heterocycles. The second-order valence-corrected chi connectivity index (χ2v) is 10.0. The van der Waals surface area contributed by atoms with E-state index in [1.807, 2.05) is 23.1 Å². The van der Waals surface area contributed by atoms with Crippen molar-refractivity contribution in [3.63, 3.8) is 0 Å². The summed E-state index contributed by atoms with van der Waals surface area (Å²) in [5.41, 5.74) is -2.01. The summed E-state index contributed by atoms with van der Waals surface area (Å²) in [6.45, 7) is 4.84. The highest BCUT2D eigenvalue weighted by Gasteiger charge is 2.38. The Labute approximate surface area is 225 Å². The van der Waals surface area contributed by atoms with Crippen LogP contribution in [-0.4, -0.2) is 59.0 Å². The second-order valence-electron chi connectivity index (χ2n) is 10.0. The van der Waals surface area contributed by atoms with Gasteiger partial charge < -0.3 is 19.9 Å². The monoisotopic (exact) mass is 549 g/mol. The topological polar surface area (TPSA) is 101 Å². The molecule has 4 rings (SSSR count). The van der Waals surface area contributed by atoms with Crippen LogP contribution in [0.15, 0.2) is 36.4 Å². The Balaban J connectivity index is 1.27. The number of nitrogens with one attached hydrogen (secondary N) is 1. The standard InChI is InChI=1S/C27H34F3N5O4/c1-2-3-7-26(36)34-16-14-33(15-17-34)24-5-4-6-25(32-24)39-21-11-8-19(9-12-21)31-20-10-13-23(35(37)38)22(18-20)27(28,29)30/h4-6,10,13,18-19,21,31H,2-3,7-9,11-12,14-17H2,1H3/t19-,21-. The van der Waals surface area contributed by atoms with Gasteiger partial charge in [0.15, 0.2) is 0 Å². The minimum atomic E-state index is -4.81. The van der Waals surface area contributed by atoms with E-state index in [9.17, 15) is 28.1 Å². The molecule has 0 bridgehead atoms. The smallest absolute Gasteiger partial charge is 0.423 e. The van der Waals surface area contributed by atoms with Crippen LogP contribution in [0.25, 0.3) is 0 Å². The van der Waals surface area contributed by atoms with Gasteiger partial charge in [-0.15, -0.1) is 0 Å². The van der Waals surface area contributed by atoms with Crippen LogP contribution in [0.1, 0.15) is 57.4 Å². The predicted molar refractivity (Wildman–Crippen MR) is 141 cm³/mol. The zero-order valence-corrected chi connectivity index (χ0v) is 22.0. The van der Waals surface area contributed by atoms with Crippen LogP contribution in [0.4, 0.5) is 30.4 Å². The second kappa shape index (κ2) is 12.5. The van der Waals surface area contributed by atoms with Crippen molar-refractivity contribution in [2.24, 2.45) is 0 Å². The Morgan fingerprint density at radius 1 is 1.13 bits per heavy atom. The summed E-state index contributed by atoms with van der Waals surface area (Å²) in [6, 6.07) is 8.58. The lowest BCUT2D eigenvalue weighted by Gasteiger charge is -2.35. The maximum absolute atomic E-state index is 13.3. The number of hydrogen-bond acceptors (Lipinski definition) is 7. The minimum absolute atomic E-state index is 0.0667. The van der Waals surface area contributed by atoms with E-state index in [1.165, 1.54) is 6.07 Å². The molecular weight excluding hydrogens is 515 g/mol. The van der Waals surface area contributed by atoms with Crippen molar-refractivity contribution in [3.05, 3.63) is 52.1 Å². The number of nitrogens with zero attached hydrogens (tertiary/aromatic N) is 4. The van der Waals surface area contributed by atoms with E-state index in [-0.39, 0.29) is 23.7 Å². The summed E-state index contributed by atoms with van der Waals surface area (Å²) in [5, 5.41) is 14.1. The van der Waals surface area contributed by atoms with Crippen LogP contribution >= 0.6 is 0 Å².